The Bertz CT molecular complexity index is 586. The molecule has 0 fully saturated rings. The van der Waals surface area contributed by atoms with Crippen LogP contribution in [0.3, 0.4) is 0 Å². The fourth-order valence-electron chi connectivity index (χ4n) is 1.59. The summed E-state index contributed by atoms with van der Waals surface area (Å²) in [6.45, 7) is 1.80. The van der Waals surface area contributed by atoms with Gasteiger partial charge in [0.1, 0.15) is 0 Å². The van der Waals surface area contributed by atoms with Crippen LogP contribution in [-0.2, 0) is 0 Å². The van der Waals surface area contributed by atoms with E-state index in [1.54, 1.807) is 37.5 Å². The first-order valence-corrected chi connectivity index (χ1v) is 6.00. The molecule has 2 aromatic rings. The molecule has 0 aliphatic heterocycles. The van der Waals surface area contributed by atoms with Crippen LogP contribution < -0.4 is 11.1 Å². The molecule has 2 rings (SSSR count). The number of aliphatic hydroxyl groups is 1. The number of nitrogens with one attached hydrogen (secondary N) is 1. The minimum absolute atomic E-state index is 0.217. The third-order valence-electron chi connectivity index (χ3n) is 2.85. The van der Waals surface area contributed by atoms with Gasteiger partial charge in [-0.15, -0.1) is 0 Å². The van der Waals surface area contributed by atoms with Crippen LogP contribution in [-0.4, -0.2) is 39.7 Å². The SMILES string of the molecule is CC(O)C(N)CNC(=O)c1ccc2nccnc2c1. The smallest absolute Gasteiger partial charge is 0.251 e. The lowest BCUT2D eigenvalue weighted by atomic mass is 10.1. The summed E-state index contributed by atoms with van der Waals surface area (Å²) in [5.41, 5.74) is 7.54. The monoisotopic (exact) mass is 260 g/mol. The highest BCUT2D eigenvalue weighted by atomic mass is 16.3. The molecule has 2 unspecified atom stereocenters. The first-order chi connectivity index (χ1) is 9.08. The highest BCUT2D eigenvalue weighted by Crippen LogP contribution is 2.10. The first kappa shape index (κ1) is 13.4. The lowest BCUT2D eigenvalue weighted by molar-refractivity contribution is 0.0937. The van der Waals surface area contributed by atoms with Gasteiger partial charge in [-0.1, -0.05) is 0 Å². The molecule has 1 aromatic heterocycles. The number of nitrogens with two attached hydrogens (primary N) is 1. The molecule has 19 heavy (non-hydrogen) atoms. The van der Waals surface area contributed by atoms with E-state index in [0.29, 0.717) is 11.1 Å². The zero-order chi connectivity index (χ0) is 13.8. The zero-order valence-electron chi connectivity index (χ0n) is 10.6. The molecule has 1 amide bonds. The molecule has 2 atom stereocenters. The number of carbonyl (C=O) groups is 1. The standard InChI is InChI=1S/C13H16N4O2/c1-8(18)10(14)7-17-13(19)9-2-3-11-12(6-9)16-5-4-15-11/h2-6,8,10,18H,7,14H2,1H3,(H,17,19). The second-order valence-electron chi connectivity index (χ2n) is 4.37. The number of aromatic nitrogens is 2. The second-order valence-corrected chi connectivity index (χ2v) is 4.37. The molecule has 0 aliphatic carbocycles. The zero-order valence-corrected chi connectivity index (χ0v) is 10.6. The average molecular weight is 260 g/mol. The Morgan fingerprint density at radius 3 is 2.74 bits per heavy atom. The number of rotatable bonds is 4. The third kappa shape index (κ3) is 3.24. The molecule has 6 nitrogen and oxygen atoms in total. The van der Waals surface area contributed by atoms with E-state index in [9.17, 15) is 9.90 Å². The molecule has 100 valence electrons. The van der Waals surface area contributed by atoms with E-state index in [-0.39, 0.29) is 12.5 Å². The van der Waals surface area contributed by atoms with E-state index < -0.39 is 12.1 Å². The minimum atomic E-state index is -0.664. The van der Waals surface area contributed by atoms with Crippen LogP contribution in [0.4, 0.5) is 0 Å². The number of carbonyl (C=O) groups excluding carboxylic acids is 1. The maximum Gasteiger partial charge on any atom is 0.251 e. The van der Waals surface area contributed by atoms with Gasteiger partial charge < -0.3 is 16.2 Å². The molecule has 6 heteroatoms. The maximum absolute atomic E-state index is 11.9. The molecule has 4 N–H and O–H groups in total. The van der Waals surface area contributed by atoms with E-state index in [2.05, 4.69) is 15.3 Å². The van der Waals surface area contributed by atoms with E-state index in [1.165, 1.54) is 0 Å². The van der Waals surface area contributed by atoms with Crippen molar-refractivity contribution in [2.24, 2.45) is 5.73 Å². The highest BCUT2D eigenvalue weighted by Gasteiger charge is 2.12. The minimum Gasteiger partial charge on any atom is -0.392 e. The van der Waals surface area contributed by atoms with Crippen LogP contribution in [0.2, 0.25) is 0 Å². The summed E-state index contributed by atoms with van der Waals surface area (Å²) in [7, 11) is 0. The van der Waals surface area contributed by atoms with Crippen molar-refractivity contribution in [2.75, 3.05) is 6.54 Å². The Labute approximate surface area is 110 Å². The van der Waals surface area contributed by atoms with Crippen LogP contribution in [0.1, 0.15) is 17.3 Å². The van der Waals surface area contributed by atoms with Crippen molar-refractivity contribution in [2.45, 2.75) is 19.1 Å². The second kappa shape index (κ2) is 5.73. The number of benzene rings is 1. The molecule has 0 radical (unpaired) electrons. The number of amides is 1. The van der Waals surface area contributed by atoms with Crippen molar-refractivity contribution in [3.05, 3.63) is 36.2 Å². The predicted octanol–water partition coefficient (Wildman–Crippen LogP) is 0.0677. The Kier molecular flexibility index (Phi) is 4.03. The Morgan fingerprint density at radius 2 is 2.05 bits per heavy atom. The van der Waals surface area contributed by atoms with E-state index in [1.807, 2.05) is 0 Å². The van der Waals surface area contributed by atoms with Gasteiger partial charge >= 0.3 is 0 Å². The Morgan fingerprint density at radius 1 is 1.37 bits per heavy atom. The van der Waals surface area contributed by atoms with Crippen LogP contribution in [0.5, 0.6) is 0 Å². The lowest BCUT2D eigenvalue weighted by Gasteiger charge is -2.15. The van der Waals surface area contributed by atoms with Gasteiger partial charge in [-0.25, -0.2) is 0 Å². The van der Waals surface area contributed by atoms with Gasteiger partial charge in [0, 0.05) is 30.5 Å². The normalized spacial score (nSPS) is 14.1. The van der Waals surface area contributed by atoms with Crippen molar-refractivity contribution in [3.63, 3.8) is 0 Å². The summed E-state index contributed by atoms with van der Waals surface area (Å²) in [6, 6.07) is 4.61. The van der Waals surface area contributed by atoms with E-state index in [0.717, 1.165) is 5.52 Å². The van der Waals surface area contributed by atoms with Gasteiger partial charge in [-0.05, 0) is 25.1 Å². The fraction of sp³-hybridized carbons (Fsp3) is 0.308. The van der Waals surface area contributed by atoms with Crippen LogP contribution in [0, 0.1) is 0 Å². The van der Waals surface area contributed by atoms with Crippen LogP contribution in [0.25, 0.3) is 11.0 Å². The van der Waals surface area contributed by atoms with Gasteiger partial charge in [0.15, 0.2) is 0 Å². The van der Waals surface area contributed by atoms with Gasteiger partial charge in [-0.2, -0.15) is 0 Å². The van der Waals surface area contributed by atoms with Gasteiger partial charge in [-0.3, -0.25) is 14.8 Å². The van der Waals surface area contributed by atoms with E-state index in [4.69, 9.17) is 5.73 Å². The molecule has 1 heterocycles. The van der Waals surface area contributed by atoms with Crippen LogP contribution in [0.15, 0.2) is 30.6 Å². The van der Waals surface area contributed by atoms with Crippen molar-refractivity contribution < 1.29 is 9.90 Å². The summed E-state index contributed by atoms with van der Waals surface area (Å²) in [5, 5.41) is 11.9. The molecule has 0 spiro atoms. The number of fused-ring (bicyclic) bond motifs is 1. The maximum atomic E-state index is 11.9. The molecule has 0 aliphatic rings. The highest BCUT2D eigenvalue weighted by molar-refractivity contribution is 5.97. The molecule has 0 saturated heterocycles. The Balaban J connectivity index is 2.09. The molecular formula is C13H16N4O2. The first-order valence-electron chi connectivity index (χ1n) is 6.00. The van der Waals surface area contributed by atoms with Crippen molar-refractivity contribution >= 4 is 16.9 Å². The van der Waals surface area contributed by atoms with Gasteiger partial charge in [0.05, 0.1) is 17.1 Å². The number of nitrogens with zero attached hydrogens (tertiary/aromatic N) is 2. The van der Waals surface area contributed by atoms with Gasteiger partial charge in [0.25, 0.3) is 5.91 Å². The Hall–Kier alpha value is -2.05. The molecule has 1 aromatic carbocycles. The van der Waals surface area contributed by atoms with E-state index >= 15 is 0 Å². The largest absolute Gasteiger partial charge is 0.392 e. The molecule has 0 bridgehead atoms. The van der Waals surface area contributed by atoms with Crippen LogP contribution >= 0.6 is 0 Å². The molecule has 0 saturated carbocycles. The summed E-state index contributed by atoms with van der Waals surface area (Å²) in [4.78, 5) is 20.2. The van der Waals surface area contributed by atoms with Gasteiger partial charge in [0.2, 0.25) is 0 Å². The summed E-state index contributed by atoms with van der Waals surface area (Å²) < 4.78 is 0. The van der Waals surface area contributed by atoms with Crippen molar-refractivity contribution in [3.8, 4) is 0 Å². The summed E-state index contributed by atoms with van der Waals surface area (Å²) >= 11 is 0. The quantitative estimate of drug-likeness (QED) is 0.722. The number of hydrogen-bond acceptors (Lipinski definition) is 5. The number of hydrogen-bond donors (Lipinski definition) is 3. The average Bonchev–Trinajstić information content (AvgIpc) is 2.43. The fourth-order valence-corrected chi connectivity index (χ4v) is 1.59. The predicted molar refractivity (Wildman–Crippen MR) is 71.5 cm³/mol. The molecular weight excluding hydrogens is 244 g/mol. The summed E-state index contributed by atoms with van der Waals surface area (Å²) in [6.07, 6.45) is 2.51. The van der Waals surface area contributed by atoms with Crippen molar-refractivity contribution in [1.29, 1.82) is 0 Å². The lowest BCUT2D eigenvalue weighted by Crippen LogP contribution is -2.43. The third-order valence-corrected chi connectivity index (χ3v) is 2.85. The topological polar surface area (TPSA) is 101 Å². The summed E-state index contributed by atoms with van der Waals surface area (Å²) in [5.74, 6) is -0.247. The number of aliphatic hydroxyl groups excluding tert-OH is 1. The van der Waals surface area contributed by atoms with Crippen molar-refractivity contribution in [1.82, 2.24) is 15.3 Å².